The second kappa shape index (κ2) is 5.38. The summed E-state index contributed by atoms with van der Waals surface area (Å²) in [6.07, 6.45) is -0.433. The van der Waals surface area contributed by atoms with Crippen molar-refractivity contribution in [2.45, 2.75) is 18.9 Å². The zero-order valence-electron chi connectivity index (χ0n) is 10.2. The summed E-state index contributed by atoms with van der Waals surface area (Å²) >= 11 is 0. The smallest absolute Gasteiger partial charge is 0.161 e. The Hall–Kier alpha value is -1.26. The second-order valence-corrected chi connectivity index (χ2v) is 4.05. The molecule has 17 heavy (non-hydrogen) atoms. The number of hydrogen-bond acceptors (Lipinski definition) is 4. The third kappa shape index (κ3) is 2.53. The molecule has 0 unspecified atom stereocenters. The summed E-state index contributed by atoms with van der Waals surface area (Å²) in [4.78, 5) is 0. The van der Waals surface area contributed by atoms with E-state index in [-0.39, 0.29) is 5.92 Å². The van der Waals surface area contributed by atoms with Gasteiger partial charge in [-0.3, -0.25) is 0 Å². The quantitative estimate of drug-likeness (QED) is 0.865. The lowest BCUT2D eigenvalue weighted by Gasteiger charge is -2.16. The largest absolute Gasteiger partial charge is 0.493 e. The van der Waals surface area contributed by atoms with Gasteiger partial charge in [-0.25, -0.2) is 0 Å². The normalized spacial score (nSPS) is 23.7. The Morgan fingerprint density at radius 1 is 1.35 bits per heavy atom. The first kappa shape index (κ1) is 12.2. The lowest BCUT2D eigenvalue weighted by Crippen LogP contribution is -2.15. The lowest BCUT2D eigenvalue weighted by atomic mass is 9.96. The van der Waals surface area contributed by atoms with Crippen LogP contribution in [0.15, 0.2) is 18.2 Å². The molecule has 94 valence electrons. The minimum atomic E-state index is -0.433. The average Bonchev–Trinajstić information content (AvgIpc) is 2.76. The summed E-state index contributed by atoms with van der Waals surface area (Å²) in [5.41, 5.74) is 1.03. The van der Waals surface area contributed by atoms with Crippen molar-refractivity contribution in [3.05, 3.63) is 23.8 Å². The predicted molar refractivity (Wildman–Crippen MR) is 63.7 cm³/mol. The van der Waals surface area contributed by atoms with Crippen LogP contribution in [-0.2, 0) is 4.74 Å². The van der Waals surface area contributed by atoms with Crippen LogP contribution in [-0.4, -0.2) is 38.1 Å². The average molecular weight is 238 g/mol. The summed E-state index contributed by atoms with van der Waals surface area (Å²) in [6, 6.07) is 5.74. The Labute approximate surface area is 101 Å². The van der Waals surface area contributed by atoms with Gasteiger partial charge >= 0.3 is 0 Å². The van der Waals surface area contributed by atoms with Gasteiger partial charge in [0.25, 0.3) is 0 Å². The Morgan fingerprint density at radius 2 is 2.18 bits per heavy atom. The van der Waals surface area contributed by atoms with Gasteiger partial charge < -0.3 is 19.3 Å². The number of benzene rings is 1. The molecule has 1 aromatic rings. The molecule has 0 saturated carbocycles. The molecule has 0 aromatic heterocycles. The monoisotopic (exact) mass is 238 g/mol. The van der Waals surface area contributed by atoms with E-state index in [4.69, 9.17) is 14.2 Å². The molecule has 1 fully saturated rings. The zero-order chi connectivity index (χ0) is 12.3. The van der Waals surface area contributed by atoms with Crippen molar-refractivity contribution < 1.29 is 19.3 Å². The van der Waals surface area contributed by atoms with E-state index in [0.29, 0.717) is 31.3 Å². The Balaban J connectivity index is 2.26. The van der Waals surface area contributed by atoms with Gasteiger partial charge in [-0.05, 0) is 24.6 Å². The maximum absolute atomic E-state index is 9.79. The Bertz CT molecular complexity index is 378. The van der Waals surface area contributed by atoms with E-state index in [0.717, 1.165) is 5.56 Å². The molecule has 4 nitrogen and oxygen atoms in total. The molecule has 0 spiro atoms. The molecule has 1 N–H and O–H groups in total. The molecule has 0 radical (unpaired) electrons. The molecule has 1 aliphatic rings. The van der Waals surface area contributed by atoms with Gasteiger partial charge in [0.05, 0.1) is 33.0 Å². The molecule has 0 amide bonds. The minimum absolute atomic E-state index is 0.0279. The van der Waals surface area contributed by atoms with E-state index in [2.05, 4.69) is 0 Å². The van der Waals surface area contributed by atoms with Gasteiger partial charge in [0.2, 0.25) is 0 Å². The molecule has 2 rings (SSSR count). The topological polar surface area (TPSA) is 47.9 Å². The highest BCUT2D eigenvalue weighted by Crippen LogP contribution is 2.33. The van der Waals surface area contributed by atoms with Crippen molar-refractivity contribution >= 4 is 0 Å². The molecule has 1 aliphatic heterocycles. The summed E-state index contributed by atoms with van der Waals surface area (Å²) < 4.78 is 16.0. The maximum Gasteiger partial charge on any atom is 0.161 e. The van der Waals surface area contributed by atoms with Crippen LogP contribution in [0.2, 0.25) is 0 Å². The highest BCUT2D eigenvalue weighted by molar-refractivity contribution is 5.44. The fourth-order valence-corrected chi connectivity index (χ4v) is 2.05. The van der Waals surface area contributed by atoms with Crippen molar-refractivity contribution in [1.29, 1.82) is 0 Å². The van der Waals surface area contributed by atoms with Crippen molar-refractivity contribution in [2.24, 2.45) is 0 Å². The van der Waals surface area contributed by atoms with E-state index >= 15 is 0 Å². The first-order valence-corrected chi connectivity index (χ1v) is 5.82. The summed E-state index contributed by atoms with van der Waals surface area (Å²) in [5, 5.41) is 9.79. The van der Waals surface area contributed by atoms with Gasteiger partial charge in [-0.1, -0.05) is 6.07 Å². The number of aliphatic hydroxyl groups excluding tert-OH is 1. The van der Waals surface area contributed by atoms with Crippen LogP contribution in [0.5, 0.6) is 11.5 Å². The fourth-order valence-electron chi connectivity index (χ4n) is 2.05. The molecular formula is C13H18O4. The summed E-state index contributed by atoms with van der Waals surface area (Å²) in [5.74, 6) is 1.45. The van der Waals surface area contributed by atoms with Crippen LogP contribution in [0.4, 0.5) is 0 Å². The summed E-state index contributed by atoms with van der Waals surface area (Å²) in [7, 11) is 1.62. The van der Waals surface area contributed by atoms with Gasteiger partial charge in [0, 0.05) is 5.92 Å². The summed E-state index contributed by atoms with van der Waals surface area (Å²) in [6.45, 7) is 3.48. The maximum atomic E-state index is 9.79. The van der Waals surface area contributed by atoms with Gasteiger partial charge in [-0.2, -0.15) is 0 Å². The van der Waals surface area contributed by atoms with Crippen molar-refractivity contribution in [2.75, 3.05) is 26.9 Å². The van der Waals surface area contributed by atoms with Gasteiger partial charge in [-0.15, -0.1) is 0 Å². The number of hydrogen-bond donors (Lipinski definition) is 1. The lowest BCUT2D eigenvalue weighted by molar-refractivity contribution is 0.124. The van der Waals surface area contributed by atoms with Crippen LogP contribution in [0.3, 0.4) is 0 Å². The van der Waals surface area contributed by atoms with Crippen molar-refractivity contribution in [1.82, 2.24) is 0 Å². The third-order valence-corrected chi connectivity index (χ3v) is 2.97. The standard InChI is InChI=1S/C13H18O4/c1-3-17-13-6-9(4-5-12(13)15-2)10-7-16-8-11(10)14/h4-6,10-11,14H,3,7-8H2,1-2H3/t10-,11+/m0/s1. The van der Waals surface area contributed by atoms with Crippen LogP contribution in [0.25, 0.3) is 0 Å². The van der Waals surface area contributed by atoms with E-state index < -0.39 is 6.10 Å². The van der Waals surface area contributed by atoms with Crippen molar-refractivity contribution in [3.63, 3.8) is 0 Å². The number of rotatable bonds is 4. The van der Waals surface area contributed by atoms with Crippen molar-refractivity contribution in [3.8, 4) is 11.5 Å². The van der Waals surface area contributed by atoms with E-state index in [1.54, 1.807) is 7.11 Å². The molecule has 1 aromatic carbocycles. The molecule has 1 saturated heterocycles. The van der Waals surface area contributed by atoms with Gasteiger partial charge in [0.15, 0.2) is 11.5 Å². The van der Waals surface area contributed by atoms with Gasteiger partial charge in [0.1, 0.15) is 0 Å². The molecule has 2 atom stereocenters. The molecule has 4 heteroatoms. The van der Waals surface area contributed by atoms with Crippen LogP contribution in [0, 0.1) is 0 Å². The molecule has 0 bridgehead atoms. The minimum Gasteiger partial charge on any atom is -0.493 e. The van der Waals surface area contributed by atoms with Crippen LogP contribution >= 0.6 is 0 Å². The molecular weight excluding hydrogens is 220 g/mol. The van der Waals surface area contributed by atoms with Crippen LogP contribution in [0.1, 0.15) is 18.4 Å². The number of ether oxygens (including phenoxy) is 3. The molecule has 1 heterocycles. The van der Waals surface area contributed by atoms with E-state index in [9.17, 15) is 5.11 Å². The SMILES string of the molecule is CCOc1cc([C@@H]2COC[C@H]2O)ccc1OC. The fraction of sp³-hybridized carbons (Fsp3) is 0.538. The molecule has 0 aliphatic carbocycles. The Kier molecular flexibility index (Phi) is 3.86. The first-order chi connectivity index (χ1) is 8.26. The second-order valence-electron chi connectivity index (χ2n) is 4.05. The van der Waals surface area contributed by atoms with Crippen LogP contribution < -0.4 is 9.47 Å². The highest BCUT2D eigenvalue weighted by atomic mass is 16.5. The first-order valence-electron chi connectivity index (χ1n) is 5.82. The number of aliphatic hydroxyl groups is 1. The van der Waals surface area contributed by atoms with E-state index in [1.807, 2.05) is 25.1 Å². The third-order valence-electron chi connectivity index (χ3n) is 2.97. The predicted octanol–water partition coefficient (Wildman–Crippen LogP) is 1.57. The van der Waals surface area contributed by atoms with E-state index in [1.165, 1.54) is 0 Å². The number of methoxy groups -OCH3 is 1. The zero-order valence-corrected chi connectivity index (χ0v) is 10.2. The highest BCUT2D eigenvalue weighted by Gasteiger charge is 2.28. The Morgan fingerprint density at radius 3 is 2.76 bits per heavy atom.